The van der Waals surface area contributed by atoms with Gasteiger partial charge in [-0.05, 0) is 31.2 Å². The monoisotopic (exact) mass is 256 g/mol. The van der Waals surface area contributed by atoms with Crippen LogP contribution in [0.5, 0.6) is 0 Å². The second kappa shape index (κ2) is 5.46. The van der Waals surface area contributed by atoms with E-state index >= 15 is 0 Å². The summed E-state index contributed by atoms with van der Waals surface area (Å²) in [6.45, 7) is 2.80. The summed E-state index contributed by atoms with van der Waals surface area (Å²) in [5, 5.41) is 0. The highest BCUT2D eigenvalue weighted by Gasteiger charge is 2.36. The molecule has 1 fully saturated rings. The molecule has 0 spiro atoms. The van der Waals surface area contributed by atoms with Gasteiger partial charge >= 0.3 is 0 Å². The van der Waals surface area contributed by atoms with Gasteiger partial charge in [0.1, 0.15) is 5.54 Å². The smallest absolute Gasteiger partial charge is 0.247 e. The second-order valence-corrected chi connectivity index (χ2v) is 5.40. The Morgan fingerprint density at radius 2 is 2.11 bits per heavy atom. The van der Waals surface area contributed by atoms with Crippen LogP contribution in [0, 0.1) is 18.3 Å². The Bertz CT molecular complexity index is 483. The van der Waals surface area contributed by atoms with Crippen molar-refractivity contribution < 1.29 is 4.79 Å². The van der Waals surface area contributed by atoms with Crippen LogP contribution in [0.25, 0.3) is 0 Å². The number of carbonyl (C=O) groups is 1. The van der Waals surface area contributed by atoms with Crippen LogP contribution in [0.3, 0.4) is 0 Å². The molecular weight excluding hydrogens is 236 g/mol. The van der Waals surface area contributed by atoms with Crippen molar-refractivity contribution in [3.05, 3.63) is 35.9 Å². The number of rotatable bonds is 5. The molecule has 1 atom stereocenters. The quantitative estimate of drug-likeness (QED) is 0.816. The SMILES string of the molecule is C#CCN(CC1CC1)C(=O)C(C)(N)c1ccccc1. The first-order valence-electron chi connectivity index (χ1n) is 6.63. The molecule has 1 amide bonds. The van der Waals surface area contributed by atoms with Crippen molar-refractivity contribution in [2.24, 2.45) is 11.7 Å². The third-order valence-corrected chi connectivity index (χ3v) is 3.56. The van der Waals surface area contributed by atoms with Gasteiger partial charge in [0.05, 0.1) is 6.54 Å². The minimum atomic E-state index is -1.02. The van der Waals surface area contributed by atoms with E-state index < -0.39 is 5.54 Å². The number of carbonyl (C=O) groups excluding carboxylic acids is 1. The molecule has 0 aromatic heterocycles. The van der Waals surface area contributed by atoms with Gasteiger partial charge < -0.3 is 10.6 Å². The Morgan fingerprint density at radius 1 is 1.47 bits per heavy atom. The molecule has 1 unspecified atom stereocenters. The van der Waals surface area contributed by atoms with Crippen LogP contribution in [0.4, 0.5) is 0 Å². The number of benzene rings is 1. The zero-order valence-electron chi connectivity index (χ0n) is 11.3. The molecule has 19 heavy (non-hydrogen) atoms. The third-order valence-electron chi connectivity index (χ3n) is 3.56. The fraction of sp³-hybridized carbons (Fsp3) is 0.438. The van der Waals surface area contributed by atoms with Crippen LogP contribution in [-0.2, 0) is 10.3 Å². The summed E-state index contributed by atoms with van der Waals surface area (Å²) >= 11 is 0. The van der Waals surface area contributed by atoms with Crippen molar-refractivity contribution in [1.29, 1.82) is 0 Å². The molecular formula is C16H20N2O. The van der Waals surface area contributed by atoms with Gasteiger partial charge in [0, 0.05) is 6.54 Å². The predicted octanol–water partition coefficient (Wildman–Crippen LogP) is 1.73. The van der Waals surface area contributed by atoms with E-state index in [9.17, 15) is 4.79 Å². The van der Waals surface area contributed by atoms with Crippen molar-refractivity contribution in [1.82, 2.24) is 4.90 Å². The Hall–Kier alpha value is -1.79. The molecule has 0 bridgehead atoms. The molecule has 1 aromatic carbocycles. The van der Waals surface area contributed by atoms with Crippen molar-refractivity contribution in [3.63, 3.8) is 0 Å². The van der Waals surface area contributed by atoms with Gasteiger partial charge in [-0.2, -0.15) is 0 Å². The summed E-state index contributed by atoms with van der Waals surface area (Å²) in [6, 6.07) is 9.44. The summed E-state index contributed by atoms with van der Waals surface area (Å²) in [5.74, 6) is 3.06. The molecule has 3 heteroatoms. The van der Waals surface area contributed by atoms with Crippen LogP contribution in [0.15, 0.2) is 30.3 Å². The highest BCUT2D eigenvalue weighted by molar-refractivity contribution is 5.87. The predicted molar refractivity (Wildman–Crippen MR) is 76.1 cm³/mol. The van der Waals surface area contributed by atoms with Gasteiger partial charge in [-0.3, -0.25) is 4.79 Å². The lowest BCUT2D eigenvalue weighted by molar-refractivity contribution is -0.136. The van der Waals surface area contributed by atoms with E-state index in [4.69, 9.17) is 12.2 Å². The molecule has 1 aromatic rings. The number of nitrogens with two attached hydrogens (primary N) is 1. The number of amides is 1. The van der Waals surface area contributed by atoms with Gasteiger partial charge in [0.25, 0.3) is 0 Å². The van der Waals surface area contributed by atoms with E-state index in [0.29, 0.717) is 12.5 Å². The average Bonchev–Trinajstić information content (AvgIpc) is 3.22. The summed E-state index contributed by atoms with van der Waals surface area (Å²) < 4.78 is 0. The molecule has 0 saturated heterocycles. The van der Waals surface area contributed by atoms with Crippen molar-refractivity contribution in [3.8, 4) is 12.3 Å². The second-order valence-electron chi connectivity index (χ2n) is 5.40. The maximum Gasteiger partial charge on any atom is 0.247 e. The highest BCUT2D eigenvalue weighted by Crippen LogP contribution is 2.31. The molecule has 3 nitrogen and oxygen atoms in total. The summed E-state index contributed by atoms with van der Waals surface area (Å²) in [5.41, 5.74) is 6.05. The van der Waals surface area contributed by atoms with Gasteiger partial charge in [0.2, 0.25) is 5.91 Å². The summed E-state index contributed by atoms with van der Waals surface area (Å²) in [6.07, 6.45) is 7.72. The zero-order valence-corrected chi connectivity index (χ0v) is 11.3. The van der Waals surface area contributed by atoms with Gasteiger partial charge in [-0.25, -0.2) is 0 Å². The van der Waals surface area contributed by atoms with Crippen LogP contribution in [0.1, 0.15) is 25.3 Å². The van der Waals surface area contributed by atoms with Crippen LogP contribution >= 0.6 is 0 Å². The first-order chi connectivity index (χ1) is 9.05. The van der Waals surface area contributed by atoms with Gasteiger partial charge in [-0.1, -0.05) is 36.3 Å². The van der Waals surface area contributed by atoms with Crippen LogP contribution in [-0.4, -0.2) is 23.9 Å². The molecule has 1 saturated carbocycles. The van der Waals surface area contributed by atoms with E-state index in [2.05, 4.69) is 5.92 Å². The minimum Gasteiger partial charge on any atom is -0.329 e. The molecule has 2 N–H and O–H groups in total. The minimum absolute atomic E-state index is 0.0939. The maximum absolute atomic E-state index is 12.6. The number of hydrogen-bond donors (Lipinski definition) is 1. The first kappa shape index (κ1) is 13.6. The van der Waals surface area contributed by atoms with Crippen LogP contribution < -0.4 is 5.73 Å². The van der Waals surface area contributed by atoms with Gasteiger partial charge in [0.15, 0.2) is 0 Å². The summed E-state index contributed by atoms with van der Waals surface area (Å²) in [7, 11) is 0. The van der Waals surface area contributed by atoms with E-state index in [1.807, 2.05) is 30.3 Å². The molecule has 0 heterocycles. The topological polar surface area (TPSA) is 46.3 Å². The lowest BCUT2D eigenvalue weighted by Crippen LogP contribution is -2.51. The first-order valence-corrected chi connectivity index (χ1v) is 6.63. The van der Waals surface area contributed by atoms with E-state index in [1.165, 1.54) is 12.8 Å². The molecule has 0 radical (unpaired) electrons. The number of nitrogens with zero attached hydrogens (tertiary/aromatic N) is 1. The fourth-order valence-electron chi connectivity index (χ4n) is 2.18. The standard InChI is InChI=1S/C16H20N2O/c1-3-11-18(12-13-9-10-13)15(19)16(2,17)14-7-5-4-6-8-14/h1,4-8,13H,9-12,17H2,2H3. The van der Waals surface area contributed by atoms with Crippen molar-refractivity contribution in [2.45, 2.75) is 25.3 Å². The highest BCUT2D eigenvalue weighted by atomic mass is 16.2. The molecule has 1 aliphatic carbocycles. The third kappa shape index (κ3) is 3.15. The van der Waals surface area contributed by atoms with Crippen LogP contribution in [0.2, 0.25) is 0 Å². The number of hydrogen-bond acceptors (Lipinski definition) is 2. The Balaban J connectivity index is 2.17. The number of terminal acetylenes is 1. The largest absolute Gasteiger partial charge is 0.329 e. The van der Waals surface area contributed by atoms with E-state index in [-0.39, 0.29) is 5.91 Å². The van der Waals surface area contributed by atoms with Gasteiger partial charge in [-0.15, -0.1) is 6.42 Å². The lowest BCUT2D eigenvalue weighted by Gasteiger charge is -2.31. The van der Waals surface area contributed by atoms with E-state index in [1.54, 1.807) is 11.8 Å². The normalized spacial score (nSPS) is 17.3. The summed E-state index contributed by atoms with van der Waals surface area (Å²) in [4.78, 5) is 14.3. The maximum atomic E-state index is 12.6. The molecule has 0 aliphatic heterocycles. The Morgan fingerprint density at radius 3 is 2.63 bits per heavy atom. The van der Waals surface area contributed by atoms with Crippen molar-refractivity contribution in [2.75, 3.05) is 13.1 Å². The molecule has 2 rings (SSSR count). The average molecular weight is 256 g/mol. The van der Waals surface area contributed by atoms with Crippen molar-refractivity contribution >= 4 is 5.91 Å². The fourth-order valence-corrected chi connectivity index (χ4v) is 2.18. The zero-order chi connectivity index (χ0) is 13.9. The Labute approximate surface area is 114 Å². The Kier molecular flexibility index (Phi) is 3.92. The van der Waals surface area contributed by atoms with E-state index in [0.717, 1.165) is 12.1 Å². The molecule has 100 valence electrons. The molecule has 1 aliphatic rings. The lowest BCUT2D eigenvalue weighted by atomic mass is 9.91.